The van der Waals surface area contributed by atoms with Gasteiger partial charge in [0, 0.05) is 17.1 Å². The third-order valence-corrected chi connectivity index (χ3v) is 3.63. The number of para-hydroxylation sites is 1. The average molecular weight is 256 g/mol. The van der Waals surface area contributed by atoms with E-state index in [1.807, 2.05) is 6.92 Å². The van der Waals surface area contributed by atoms with Crippen molar-refractivity contribution in [2.75, 3.05) is 0 Å². The minimum Gasteiger partial charge on any atom is -0.324 e. The Hall–Kier alpha value is -1.41. The van der Waals surface area contributed by atoms with Crippen LogP contribution >= 0.6 is 0 Å². The van der Waals surface area contributed by atoms with Crippen LogP contribution in [0.5, 0.6) is 0 Å². The maximum Gasteiger partial charge on any atom is 0.0743 e. The van der Waals surface area contributed by atoms with Gasteiger partial charge in [0.15, 0.2) is 0 Å². The molecule has 2 N–H and O–H groups in total. The van der Waals surface area contributed by atoms with Crippen molar-refractivity contribution >= 4 is 10.9 Å². The van der Waals surface area contributed by atoms with E-state index >= 15 is 0 Å². The smallest absolute Gasteiger partial charge is 0.0743 e. The number of rotatable bonds is 3. The summed E-state index contributed by atoms with van der Waals surface area (Å²) in [5.41, 5.74) is 10.9. The van der Waals surface area contributed by atoms with Crippen molar-refractivity contribution in [1.82, 2.24) is 4.98 Å². The molecular formula is C17H24N2. The summed E-state index contributed by atoms with van der Waals surface area (Å²) in [6, 6.07) is 8.62. The highest BCUT2D eigenvalue weighted by molar-refractivity contribution is 5.86. The van der Waals surface area contributed by atoms with E-state index < -0.39 is 0 Å². The molecule has 0 radical (unpaired) electrons. The van der Waals surface area contributed by atoms with Crippen molar-refractivity contribution in [2.45, 2.75) is 52.5 Å². The van der Waals surface area contributed by atoms with E-state index in [0.29, 0.717) is 11.8 Å². The van der Waals surface area contributed by atoms with Gasteiger partial charge in [-0.1, -0.05) is 45.9 Å². The molecule has 0 aliphatic heterocycles. The predicted molar refractivity (Wildman–Crippen MR) is 82.5 cm³/mol. The van der Waals surface area contributed by atoms with E-state index in [4.69, 9.17) is 10.7 Å². The van der Waals surface area contributed by atoms with E-state index in [1.54, 1.807) is 0 Å². The largest absolute Gasteiger partial charge is 0.324 e. The van der Waals surface area contributed by atoms with E-state index in [1.165, 1.54) is 16.5 Å². The van der Waals surface area contributed by atoms with Gasteiger partial charge in [-0.25, -0.2) is 0 Å². The molecule has 102 valence electrons. The lowest BCUT2D eigenvalue weighted by molar-refractivity contribution is 0.791. The second-order valence-corrected chi connectivity index (χ2v) is 5.98. The minimum atomic E-state index is 0.0328. The van der Waals surface area contributed by atoms with Crippen molar-refractivity contribution in [3.63, 3.8) is 0 Å². The predicted octanol–water partition coefficient (Wildman–Crippen LogP) is 4.50. The first-order valence-electron chi connectivity index (χ1n) is 7.10. The highest BCUT2D eigenvalue weighted by Crippen LogP contribution is 2.30. The van der Waals surface area contributed by atoms with Crippen LogP contribution in [0.25, 0.3) is 10.9 Å². The zero-order valence-electron chi connectivity index (χ0n) is 12.6. The molecule has 2 nitrogen and oxygen atoms in total. The van der Waals surface area contributed by atoms with Crippen LogP contribution in [0.15, 0.2) is 24.3 Å². The standard InChI is InChI=1S/C17H24N2/c1-10(2)13-7-6-8-14-15(12(5)18)9-16(11(3)4)19-17(13)14/h6-12H,18H2,1-5H3. The zero-order valence-corrected chi connectivity index (χ0v) is 12.6. The topological polar surface area (TPSA) is 38.9 Å². The van der Waals surface area contributed by atoms with E-state index in [-0.39, 0.29) is 6.04 Å². The highest BCUT2D eigenvalue weighted by Gasteiger charge is 2.14. The zero-order chi connectivity index (χ0) is 14.2. The lowest BCUT2D eigenvalue weighted by atomic mass is 9.94. The van der Waals surface area contributed by atoms with Gasteiger partial charge in [0.2, 0.25) is 0 Å². The molecule has 0 aliphatic rings. The van der Waals surface area contributed by atoms with E-state index in [2.05, 4.69) is 52.0 Å². The quantitative estimate of drug-likeness (QED) is 0.878. The Morgan fingerprint density at radius 3 is 2.16 bits per heavy atom. The molecule has 2 heteroatoms. The first-order valence-corrected chi connectivity index (χ1v) is 7.10. The number of fused-ring (bicyclic) bond motifs is 1. The second kappa shape index (κ2) is 5.30. The highest BCUT2D eigenvalue weighted by atomic mass is 14.7. The number of nitrogens with two attached hydrogens (primary N) is 1. The maximum absolute atomic E-state index is 6.15. The number of nitrogens with zero attached hydrogens (tertiary/aromatic N) is 1. The van der Waals surface area contributed by atoms with E-state index in [0.717, 1.165) is 11.2 Å². The SMILES string of the molecule is CC(C)c1cc(C(C)N)c2cccc(C(C)C)c2n1. The number of pyridine rings is 1. The summed E-state index contributed by atoms with van der Waals surface area (Å²) < 4.78 is 0. The fourth-order valence-corrected chi connectivity index (χ4v) is 2.46. The van der Waals surface area contributed by atoms with Crippen molar-refractivity contribution < 1.29 is 0 Å². The van der Waals surface area contributed by atoms with Crippen molar-refractivity contribution in [3.8, 4) is 0 Å². The molecule has 2 aromatic rings. The van der Waals surface area contributed by atoms with Crippen LogP contribution in [0.4, 0.5) is 0 Å². The number of hydrogen-bond acceptors (Lipinski definition) is 2. The van der Waals surface area contributed by atoms with Gasteiger partial charge in [-0.2, -0.15) is 0 Å². The molecule has 1 atom stereocenters. The van der Waals surface area contributed by atoms with Crippen LogP contribution in [0.2, 0.25) is 0 Å². The van der Waals surface area contributed by atoms with Crippen LogP contribution in [0.1, 0.15) is 69.3 Å². The number of benzene rings is 1. The van der Waals surface area contributed by atoms with Gasteiger partial charge in [0.25, 0.3) is 0 Å². The van der Waals surface area contributed by atoms with Crippen LogP contribution in [-0.2, 0) is 0 Å². The molecule has 0 saturated heterocycles. The van der Waals surface area contributed by atoms with Gasteiger partial charge in [0.1, 0.15) is 0 Å². The van der Waals surface area contributed by atoms with Gasteiger partial charge in [-0.3, -0.25) is 4.98 Å². The summed E-state index contributed by atoms with van der Waals surface area (Å²) in [7, 11) is 0. The lowest BCUT2D eigenvalue weighted by Gasteiger charge is -2.17. The van der Waals surface area contributed by atoms with Crippen LogP contribution in [0, 0.1) is 0 Å². The van der Waals surface area contributed by atoms with Gasteiger partial charge in [-0.15, -0.1) is 0 Å². The molecule has 1 unspecified atom stereocenters. The number of hydrogen-bond donors (Lipinski definition) is 1. The molecule has 1 aromatic heterocycles. The molecule has 1 aromatic carbocycles. The molecule has 0 spiro atoms. The Labute approximate surface area is 116 Å². The Bertz CT molecular complexity index is 583. The fourth-order valence-electron chi connectivity index (χ4n) is 2.46. The lowest BCUT2D eigenvalue weighted by Crippen LogP contribution is -2.09. The molecule has 2 rings (SSSR count). The first kappa shape index (κ1) is 14.0. The van der Waals surface area contributed by atoms with Crippen molar-refractivity contribution in [2.24, 2.45) is 5.73 Å². The van der Waals surface area contributed by atoms with Gasteiger partial charge in [-0.05, 0) is 36.0 Å². The molecule has 0 aliphatic carbocycles. The summed E-state index contributed by atoms with van der Waals surface area (Å²) in [6.45, 7) is 10.8. The third kappa shape index (κ3) is 2.64. The minimum absolute atomic E-state index is 0.0328. The normalized spacial score (nSPS) is 13.5. The Morgan fingerprint density at radius 1 is 0.947 bits per heavy atom. The fraction of sp³-hybridized carbons (Fsp3) is 0.471. The molecular weight excluding hydrogens is 232 g/mol. The van der Waals surface area contributed by atoms with Crippen LogP contribution in [0.3, 0.4) is 0 Å². The molecule has 0 amide bonds. The molecule has 19 heavy (non-hydrogen) atoms. The Balaban J connectivity index is 2.83. The van der Waals surface area contributed by atoms with Gasteiger partial charge < -0.3 is 5.73 Å². The van der Waals surface area contributed by atoms with Gasteiger partial charge in [0.05, 0.1) is 5.52 Å². The van der Waals surface area contributed by atoms with Crippen molar-refractivity contribution in [1.29, 1.82) is 0 Å². The third-order valence-electron chi connectivity index (χ3n) is 3.63. The molecule has 0 saturated carbocycles. The Morgan fingerprint density at radius 2 is 1.63 bits per heavy atom. The van der Waals surface area contributed by atoms with Crippen LogP contribution in [-0.4, -0.2) is 4.98 Å². The number of aromatic nitrogens is 1. The van der Waals surface area contributed by atoms with Crippen molar-refractivity contribution in [3.05, 3.63) is 41.1 Å². The summed E-state index contributed by atoms with van der Waals surface area (Å²) in [6.07, 6.45) is 0. The van der Waals surface area contributed by atoms with Gasteiger partial charge >= 0.3 is 0 Å². The summed E-state index contributed by atoms with van der Waals surface area (Å²) >= 11 is 0. The van der Waals surface area contributed by atoms with E-state index in [9.17, 15) is 0 Å². The van der Waals surface area contributed by atoms with Crippen LogP contribution < -0.4 is 5.73 Å². The second-order valence-electron chi connectivity index (χ2n) is 5.98. The molecule has 0 fully saturated rings. The summed E-state index contributed by atoms with van der Waals surface area (Å²) in [5, 5.41) is 1.20. The first-order chi connectivity index (χ1) is 8.91. The molecule has 0 bridgehead atoms. The maximum atomic E-state index is 6.15. The average Bonchev–Trinajstić information content (AvgIpc) is 2.36. The summed E-state index contributed by atoms with van der Waals surface area (Å²) in [5.74, 6) is 0.890. The Kier molecular flexibility index (Phi) is 3.91. The summed E-state index contributed by atoms with van der Waals surface area (Å²) in [4.78, 5) is 4.88. The molecule has 1 heterocycles. The monoisotopic (exact) mass is 256 g/mol.